The van der Waals surface area contributed by atoms with Gasteiger partial charge in [0, 0.05) is 29.4 Å². The molecule has 1 aliphatic rings. The quantitative estimate of drug-likeness (QED) is 0.750. The predicted octanol–water partition coefficient (Wildman–Crippen LogP) is 3.26. The maximum atomic E-state index is 12.3. The van der Waals surface area contributed by atoms with E-state index in [0.717, 1.165) is 28.3 Å². The third-order valence-corrected chi connectivity index (χ3v) is 4.39. The van der Waals surface area contributed by atoms with Crippen LogP contribution >= 0.6 is 11.6 Å². The summed E-state index contributed by atoms with van der Waals surface area (Å²) in [5.41, 5.74) is 1.69. The third kappa shape index (κ3) is 2.16. The molecule has 0 bridgehead atoms. The van der Waals surface area contributed by atoms with Crippen LogP contribution in [0.4, 0.5) is 5.82 Å². The molecule has 0 spiro atoms. The Labute approximate surface area is 132 Å². The van der Waals surface area contributed by atoms with Crippen LogP contribution < -0.4 is 11.0 Å². The number of benzene rings is 2. The van der Waals surface area contributed by atoms with E-state index in [2.05, 4.69) is 10.3 Å². The summed E-state index contributed by atoms with van der Waals surface area (Å²) in [5.74, 6) is 1.09. The second kappa shape index (κ2) is 5.14. The van der Waals surface area contributed by atoms with Gasteiger partial charge in [0.25, 0.3) is 0 Å². The van der Waals surface area contributed by atoms with Crippen molar-refractivity contribution >= 4 is 28.3 Å². The third-order valence-electron chi connectivity index (χ3n) is 4.14. The highest BCUT2D eigenvalue weighted by molar-refractivity contribution is 6.30. The lowest BCUT2D eigenvalue weighted by atomic mass is 9.97. The van der Waals surface area contributed by atoms with Crippen LogP contribution in [0.2, 0.25) is 5.02 Å². The molecule has 0 saturated carbocycles. The summed E-state index contributed by atoms with van der Waals surface area (Å²) in [5, 5.41) is 5.10. The Bertz CT molecular complexity index is 902. The summed E-state index contributed by atoms with van der Waals surface area (Å²) >= 11 is 5.94. The van der Waals surface area contributed by atoms with Crippen molar-refractivity contribution in [3.8, 4) is 0 Å². The standard InChI is InChI=1S/C17H14ClN3O/c18-13-7-5-11(6-8-13)12-9-19-16-14-3-1-2-4-15(14)20-17(22)21(16)10-12/h1-8,12,19H,9-10H2. The highest BCUT2D eigenvalue weighted by atomic mass is 35.5. The van der Waals surface area contributed by atoms with E-state index in [0.29, 0.717) is 6.54 Å². The van der Waals surface area contributed by atoms with Gasteiger partial charge in [0.1, 0.15) is 5.82 Å². The van der Waals surface area contributed by atoms with E-state index < -0.39 is 0 Å². The van der Waals surface area contributed by atoms with E-state index in [-0.39, 0.29) is 11.6 Å². The van der Waals surface area contributed by atoms with E-state index in [1.807, 2.05) is 48.5 Å². The molecule has 2 aromatic carbocycles. The molecular weight excluding hydrogens is 298 g/mol. The molecule has 110 valence electrons. The minimum atomic E-state index is -0.208. The molecular formula is C17H14ClN3O. The van der Waals surface area contributed by atoms with Crippen molar-refractivity contribution in [2.24, 2.45) is 0 Å². The van der Waals surface area contributed by atoms with Crippen molar-refractivity contribution in [3.63, 3.8) is 0 Å². The zero-order valence-electron chi connectivity index (χ0n) is 11.8. The lowest BCUT2D eigenvalue weighted by Gasteiger charge is -2.28. The number of rotatable bonds is 1. The number of anilines is 1. The Kier molecular flexibility index (Phi) is 3.12. The van der Waals surface area contributed by atoms with E-state index >= 15 is 0 Å². The van der Waals surface area contributed by atoms with Crippen molar-refractivity contribution in [1.82, 2.24) is 9.55 Å². The first-order valence-electron chi connectivity index (χ1n) is 7.21. The van der Waals surface area contributed by atoms with E-state index in [1.165, 1.54) is 5.56 Å². The van der Waals surface area contributed by atoms with Gasteiger partial charge in [-0.2, -0.15) is 4.98 Å². The number of aromatic nitrogens is 2. The normalized spacial score (nSPS) is 17.0. The van der Waals surface area contributed by atoms with Gasteiger partial charge in [-0.25, -0.2) is 4.79 Å². The molecule has 4 rings (SSSR count). The van der Waals surface area contributed by atoms with Crippen LogP contribution in [-0.2, 0) is 6.54 Å². The fourth-order valence-corrected chi connectivity index (χ4v) is 3.12. The second-order valence-electron chi connectivity index (χ2n) is 5.50. The van der Waals surface area contributed by atoms with Crippen LogP contribution in [0.25, 0.3) is 10.9 Å². The summed E-state index contributed by atoms with van der Waals surface area (Å²) in [4.78, 5) is 16.5. The molecule has 1 aliphatic heterocycles. The minimum absolute atomic E-state index is 0.208. The number of nitrogens with one attached hydrogen (secondary N) is 1. The maximum Gasteiger partial charge on any atom is 0.349 e. The van der Waals surface area contributed by atoms with Crippen LogP contribution in [0.5, 0.6) is 0 Å². The predicted molar refractivity (Wildman–Crippen MR) is 88.7 cm³/mol. The smallest absolute Gasteiger partial charge is 0.349 e. The summed E-state index contributed by atoms with van der Waals surface area (Å²) in [7, 11) is 0. The zero-order valence-corrected chi connectivity index (χ0v) is 12.5. The molecule has 1 unspecified atom stereocenters. The zero-order chi connectivity index (χ0) is 15.1. The number of nitrogens with zero attached hydrogens (tertiary/aromatic N) is 2. The topological polar surface area (TPSA) is 46.9 Å². The van der Waals surface area contributed by atoms with Crippen molar-refractivity contribution in [3.05, 3.63) is 69.6 Å². The number of hydrogen-bond donors (Lipinski definition) is 1. The van der Waals surface area contributed by atoms with Gasteiger partial charge in [-0.3, -0.25) is 4.57 Å². The molecule has 0 radical (unpaired) electrons. The van der Waals surface area contributed by atoms with Gasteiger partial charge < -0.3 is 5.32 Å². The Morgan fingerprint density at radius 3 is 2.73 bits per heavy atom. The van der Waals surface area contributed by atoms with E-state index in [1.54, 1.807) is 4.57 Å². The summed E-state index contributed by atoms with van der Waals surface area (Å²) in [6, 6.07) is 15.5. The van der Waals surface area contributed by atoms with Crippen molar-refractivity contribution in [2.45, 2.75) is 12.5 Å². The molecule has 3 aromatic rings. The molecule has 4 nitrogen and oxygen atoms in total. The fourth-order valence-electron chi connectivity index (χ4n) is 3.00. The van der Waals surface area contributed by atoms with Crippen LogP contribution in [0.1, 0.15) is 11.5 Å². The van der Waals surface area contributed by atoms with Crippen molar-refractivity contribution < 1.29 is 0 Å². The average molecular weight is 312 g/mol. The van der Waals surface area contributed by atoms with E-state index in [9.17, 15) is 4.79 Å². The molecule has 1 atom stereocenters. The monoisotopic (exact) mass is 311 g/mol. The molecule has 5 heteroatoms. The van der Waals surface area contributed by atoms with Gasteiger partial charge in [0.15, 0.2) is 0 Å². The molecule has 0 fully saturated rings. The molecule has 0 amide bonds. The van der Waals surface area contributed by atoms with Gasteiger partial charge in [0.05, 0.1) is 5.52 Å². The Balaban J connectivity index is 1.79. The number of para-hydroxylation sites is 1. The number of hydrogen-bond acceptors (Lipinski definition) is 3. The Morgan fingerprint density at radius 2 is 1.91 bits per heavy atom. The highest BCUT2D eigenvalue weighted by Crippen LogP contribution is 2.29. The summed E-state index contributed by atoms with van der Waals surface area (Å²) in [6.45, 7) is 1.41. The fraction of sp³-hybridized carbons (Fsp3) is 0.176. The lowest BCUT2D eigenvalue weighted by Crippen LogP contribution is -2.35. The molecule has 1 aromatic heterocycles. The maximum absolute atomic E-state index is 12.3. The number of fused-ring (bicyclic) bond motifs is 3. The van der Waals surface area contributed by atoms with Gasteiger partial charge in [-0.15, -0.1) is 0 Å². The Hall–Kier alpha value is -2.33. The minimum Gasteiger partial charge on any atom is -0.370 e. The SMILES string of the molecule is O=c1nc2ccccc2c2n1CC(c1ccc(Cl)cc1)CN2. The van der Waals surface area contributed by atoms with Crippen LogP contribution in [0, 0.1) is 0 Å². The summed E-state index contributed by atoms with van der Waals surface area (Å²) < 4.78 is 1.73. The van der Waals surface area contributed by atoms with Gasteiger partial charge >= 0.3 is 5.69 Å². The van der Waals surface area contributed by atoms with Crippen LogP contribution in [0.3, 0.4) is 0 Å². The van der Waals surface area contributed by atoms with Crippen LogP contribution in [-0.4, -0.2) is 16.1 Å². The van der Waals surface area contributed by atoms with Gasteiger partial charge in [-0.05, 0) is 29.8 Å². The number of halogens is 1. The molecule has 2 heterocycles. The molecule has 0 aliphatic carbocycles. The first-order chi connectivity index (χ1) is 10.7. The lowest BCUT2D eigenvalue weighted by molar-refractivity contribution is 0.530. The van der Waals surface area contributed by atoms with Crippen LogP contribution in [0.15, 0.2) is 53.3 Å². The average Bonchev–Trinajstić information content (AvgIpc) is 2.55. The molecule has 1 N–H and O–H groups in total. The largest absolute Gasteiger partial charge is 0.370 e. The second-order valence-corrected chi connectivity index (χ2v) is 5.94. The first-order valence-corrected chi connectivity index (χ1v) is 7.59. The van der Waals surface area contributed by atoms with E-state index in [4.69, 9.17) is 11.6 Å². The van der Waals surface area contributed by atoms with Crippen molar-refractivity contribution in [1.29, 1.82) is 0 Å². The van der Waals surface area contributed by atoms with Gasteiger partial charge in [-0.1, -0.05) is 35.9 Å². The first kappa shape index (κ1) is 13.3. The summed E-state index contributed by atoms with van der Waals surface area (Å²) in [6.07, 6.45) is 0. The highest BCUT2D eigenvalue weighted by Gasteiger charge is 2.22. The molecule has 0 saturated heterocycles. The van der Waals surface area contributed by atoms with Crippen molar-refractivity contribution in [2.75, 3.05) is 11.9 Å². The Morgan fingerprint density at radius 1 is 1.14 bits per heavy atom. The van der Waals surface area contributed by atoms with Gasteiger partial charge in [0.2, 0.25) is 0 Å². The molecule has 22 heavy (non-hydrogen) atoms.